The van der Waals surface area contributed by atoms with E-state index in [-0.39, 0.29) is 0 Å². The van der Waals surface area contributed by atoms with Crippen LogP contribution in [0.3, 0.4) is 0 Å². The molecule has 54 heavy (non-hydrogen) atoms. The third-order valence-electron chi connectivity index (χ3n) is 10.7. The summed E-state index contributed by atoms with van der Waals surface area (Å²) in [6.45, 7) is 0. The number of aromatic nitrogens is 3. The number of nitrogens with zero attached hydrogens (tertiary/aromatic N) is 5. The van der Waals surface area contributed by atoms with Gasteiger partial charge in [0.1, 0.15) is 11.4 Å². The molecule has 0 bridgehead atoms. The van der Waals surface area contributed by atoms with Gasteiger partial charge in [-0.3, -0.25) is 0 Å². The molecular formula is C49H29N5. The number of para-hydroxylation sites is 1. The summed E-state index contributed by atoms with van der Waals surface area (Å²) in [5.74, 6) is 0. The highest BCUT2D eigenvalue weighted by Gasteiger charge is 2.29. The SMILES string of the molecule is c1ccc(-c2nnnc(-c3ccccc3-c3c(-c4cccc5ccccc45)ccc4c3-c3c5c(ccc3=N4)=c3ccccc3=N5)c2-c2ccccc2)cc1. The van der Waals surface area contributed by atoms with Gasteiger partial charge in [-0.1, -0.05) is 152 Å². The molecule has 0 saturated heterocycles. The first-order valence-corrected chi connectivity index (χ1v) is 18.1. The van der Waals surface area contributed by atoms with E-state index in [0.29, 0.717) is 0 Å². The molecule has 3 heterocycles. The van der Waals surface area contributed by atoms with E-state index in [2.05, 4.69) is 162 Å². The van der Waals surface area contributed by atoms with Crippen molar-refractivity contribution in [2.45, 2.75) is 0 Å². The van der Waals surface area contributed by atoms with Crippen molar-refractivity contribution >= 4 is 22.1 Å². The molecule has 5 nitrogen and oxygen atoms in total. The summed E-state index contributed by atoms with van der Waals surface area (Å²) < 4.78 is 0. The molecule has 0 unspecified atom stereocenters. The first-order valence-electron chi connectivity index (χ1n) is 18.1. The van der Waals surface area contributed by atoms with Crippen LogP contribution in [0.25, 0.3) is 77.8 Å². The Bertz CT molecular complexity index is 3210. The lowest BCUT2D eigenvalue weighted by molar-refractivity contribution is 0.879. The predicted octanol–water partition coefficient (Wildman–Crippen LogP) is 10.8. The van der Waals surface area contributed by atoms with Gasteiger partial charge in [0.2, 0.25) is 0 Å². The highest BCUT2D eigenvalue weighted by Crippen LogP contribution is 2.52. The van der Waals surface area contributed by atoms with Gasteiger partial charge in [-0.2, -0.15) is 0 Å². The van der Waals surface area contributed by atoms with Crippen molar-refractivity contribution in [3.8, 4) is 67.0 Å². The lowest BCUT2D eigenvalue weighted by Crippen LogP contribution is -2.03. The van der Waals surface area contributed by atoms with Crippen molar-refractivity contribution < 1.29 is 0 Å². The fourth-order valence-electron chi connectivity index (χ4n) is 8.30. The van der Waals surface area contributed by atoms with Crippen LogP contribution < -0.4 is 10.7 Å². The standard InChI is InChI=1S/C49H29N5/c1-3-15-31(16-4-1)43-47(32-17-5-2-6-18-32)52-54-53-49(43)38-23-10-9-22-36(38)44-37(34-24-13-19-30-14-7-8-20-33(30)34)26-28-41-45(44)46-42(50-41)29-27-39-35-21-11-12-25-40(35)51-48(39)46/h1-29H. The van der Waals surface area contributed by atoms with E-state index in [4.69, 9.17) is 15.1 Å². The average molecular weight is 688 g/mol. The van der Waals surface area contributed by atoms with Gasteiger partial charge in [-0.15, -0.1) is 10.2 Å². The van der Waals surface area contributed by atoms with E-state index in [1.165, 1.54) is 10.8 Å². The van der Waals surface area contributed by atoms with Crippen molar-refractivity contribution in [1.29, 1.82) is 0 Å². The van der Waals surface area contributed by atoms with Crippen molar-refractivity contribution in [2.75, 3.05) is 0 Å². The van der Waals surface area contributed by atoms with Crippen LogP contribution in [-0.2, 0) is 0 Å². The first kappa shape index (κ1) is 30.3. The molecule has 9 aromatic rings. The van der Waals surface area contributed by atoms with Crippen LogP contribution in [-0.4, -0.2) is 15.4 Å². The third-order valence-corrected chi connectivity index (χ3v) is 10.7. The van der Waals surface area contributed by atoms with Gasteiger partial charge >= 0.3 is 0 Å². The van der Waals surface area contributed by atoms with Gasteiger partial charge in [0.05, 0.1) is 22.1 Å². The van der Waals surface area contributed by atoms with Crippen molar-refractivity contribution in [3.63, 3.8) is 0 Å². The monoisotopic (exact) mass is 687 g/mol. The van der Waals surface area contributed by atoms with Gasteiger partial charge in [0.25, 0.3) is 0 Å². The maximum absolute atomic E-state index is 5.26. The third kappa shape index (κ3) is 4.62. The molecule has 0 aliphatic carbocycles. The Morgan fingerprint density at radius 1 is 0.333 bits per heavy atom. The van der Waals surface area contributed by atoms with Gasteiger partial charge < -0.3 is 0 Å². The highest BCUT2D eigenvalue weighted by atomic mass is 15.3. The minimum Gasteiger partial charge on any atom is -0.248 e. The Morgan fingerprint density at radius 3 is 1.89 bits per heavy atom. The van der Waals surface area contributed by atoms with Crippen molar-refractivity contribution in [3.05, 3.63) is 197 Å². The molecule has 0 amide bonds. The van der Waals surface area contributed by atoms with Gasteiger partial charge in [0, 0.05) is 43.8 Å². The summed E-state index contributed by atoms with van der Waals surface area (Å²) in [7, 11) is 0. The fraction of sp³-hybridized carbons (Fsp3) is 0. The van der Waals surface area contributed by atoms with Crippen LogP contribution >= 0.6 is 0 Å². The molecule has 0 N–H and O–H groups in total. The molecule has 0 saturated carbocycles. The molecule has 0 atom stereocenters. The molecule has 11 rings (SSSR count). The van der Waals surface area contributed by atoms with Crippen LogP contribution in [0.4, 0.5) is 11.4 Å². The number of hydrogen-bond acceptors (Lipinski definition) is 5. The number of rotatable bonds is 5. The van der Waals surface area contributed by atoms with E-state index >= 15 is 0 Å². The minimum absolute atomic E-state index is 0.762. The molecule has 8 aromatic carbocycles. The lowest BCUT2D eigenvalue weighted by atomic mass is 9.82. The van der Waals surface area contributed by atoms with Crippen LogP contribution in [0.1, 0.15) is 0 Å². The number of benzene rings is 8. The largest absolute Gasteiger partial charge is 0.248 e. The maximum Gasteiger partial charge on any atom is 0.105 e. The molecular weight excluding hydrogens is 659 g/mol. The van der Waals surface area contributed by atoms with E-state index in [1.807, 2.05) is 24.3 Å². The first-order chi connectivity index (χ1) is 26.8. The summed E-state index contributed by atoms with van der Waals surface area (Å²) in [6, 6.07) is 61.5. The summed E-state index contributed by atoms with van der Waals surface area (Å²) in [5, 5.41) is 20.5. The van der Waals surface area contributed by atoms with Crippen LogP contribution in [0.2, 0.25) is 0 Å². The lowest BCUT2D eigenvalue weighted by Gasteiger charge is -2.21. The second-order valence-electron chi connectivity index (χ2n) is 13.6. The fourth-order valence-corrected chi connectivity index (χ4v) is 8.30. The normalized spacial score (nSPS) is 12.0. The Kier molecular flexibility index (Phi) is 6.79. The minimum atomic E-state index is 0.762. The highest BCUT2D eigenvalue weighted by molar-refractivity contribution is 6.10. The van der Waals surface area contributed by atoms with Gasteiger partial charge in [-0.05, 0) is 62.5 Å². The van der Waals surface area contributed by atoms with Crippen LogP contribution in [0.5, 0.6) is 0 Å². The molecule has 0 fully saturated rings. The zero-order chi connectivity index (χ0) is 35.6. The molecule has 1 aromatic heterocycles. The summed E-state index contributed by atoms with van der Waals surface area (Å²) in [4.78, 5) is 10.5. The van der Waals surface area contributed by atoms with Gasteiger partial charge in [0.15, 0.2) is 0 Å². The average Bonchev–Trinajstić information content (AvgIpc) is 3.82. The van der Waals surface area contributed by atoms with E-state index in [0.717, 1.165) is 99.5 Å². The second-order valence-corrected chi connectivity index (χ2v) is 13.6. The Labute approximate surface area is 310 Å². The topological polar surface area (TPSA) is 63.4 Å². The Hall–Kier alpha value is -7.37. The number of fused-ring (bicyclic) bond motifs is 7. The van der Waals surface area contributed by atoms with Crippen LogP contribution in [0, 0.1) is 10.4 Å². The maximum atomic E-state index is 5.26. The van der Waals surface area contributed by atoms with E-state index in [9.17, 15) is 0 Å². The van der Waals surface area contributed by atoms with E-state index in [1.54, 1.807) is 0 Å². The predicted molar refractivity (Wildman–Crippen MR) is 216 cm³/mol. The summed E-state index contributed by atoms with van der Waals surface area (Å²) in [5.41, 5.74) is 13.8. The zero-order valence-electron chi connectivity index (χ0n) is 29.0. The molecule has 2 aliphatic rings. The summed E-state index contributed by atoms with van der Waals surface area (Å²) in [6.07, 6.45) is 0. The number of hydrogen-bond donors (Lipinski definition) is 0. The van der Waals surface area contributed by atoms with Gasteiger partial charge in [-0.25, -0.2) is 9.98 Å². The molecule has 250 valence electrons. The smallest absolute Gasteiger partial charge is 0.105 e. The Balaban J connectivity index is 1.27. The Morgan fingerprint density at radius 2 is 1.02 bits per heavy atom. The molecule has 0 spiro atoms. The second kappa shape index (κ2) is 12.1. The van der Waals surface area contributed by atoms with Crippen molar-refractivity contribution in [1.82, 2.24) is 15.4 Å². The summed E-state index contributed by atoms with van der Waals surface area (Å²) >= 11 is 0. The molecule has 0 radical (unpaired) electrons. The zero-order valence-corrected chi connectivity index (χ0v) is 29.0. The van der Waals surface area contributed by atoms with E-state index < -0.39 is 0 Å². The molecule has 5 heteroatoms. The quantitative estimate of drug-likeness (QED) is 0.181. The molecule has 2 aliphatic heterocycles. The van der Waals surface area contributed by atoms with Crippen molar-refractivity contribution in [2.24, 2.45) is 9.98 Å². The van der Waals surface area contributed by atoms with Crippen LogP contribution in [0.15, 0.2) is 186 Å².